The van der Waals surface area contributed by atoms with Crippen molar-refractivity contribution in [3.63, 3.8) is 0 Å². The summed E-state index contributed by atoms with van der Waals surface area (Å²) in [5.41, 5.74) is 2.08. The summed E-state index contributed by atoms with van der Waals surface area (Å²) in [4.78, 5) is 19.1. The fraction of sp³-hybridized carbons (Fsp3) is 0.130. The average Bonchev–Trinajstić information content (AvgIpc) is 2.79. The van der Waals surface area contributed by atoms with Crippen LogP contribution in [0.2, 0.25) is 0 Å². The van der Waals surface area contributed by atoms with Crippen LogP contribution < -0.4 is 19.1 Å². The van der Waals surface area contributed by atoms with E-state index in [9.17, 15) is 4.79 Å². The van der Waals surface area contributed by atoms with Crippen molar-refractivity contribution in [3.8, 4) is 17.4 Å². The molecule has 2 heterocycles. The van der Waals surface area contributed by atoms with E-state index in [0.717, 1.165) is 11.3 Å². The molecule has 0 saturated carbocycles. The third-order valence-electron chi connectivity index (χ3n) is 4.59. The van der Waals surface area contributed by atoms with Gasteiger partial charge in [0.1, 0.15) is 11.5 Å². The number of rotatable bonds is 4. The van der Waals surface area contributed by atoms with Gasteiger partial charge >= 0.3 is 0 Å². The lowest BCUT2D eigenvalue weighted by Gasteiger charge is -2.31. The number of para-hydroxylation sites is 2. The van der Waals surface area contributed by atoms with Crippen molar-refractivity contribution in [2.75, 3.05) is 25.7 Å². The van der Waals surface area contributed by atoms with Crippen LogP contribution in [0, 0.1) is 0 Å². The Labute approximate surface area is 169 Å². The molecule has 6 nitrogen and oxygen atoms in total. The number of carbonyl (C=O) groups is 1. The minimum absolute atomic E-state index is 0.0907. The molecule has 1 aliphatic heterocycles. The van der Waals surface area contributed by atoms with Gasteiger partial charge in [-0.05, 0) is 30.3 Å². The maximum atomic E-state index is 13.2. The van der Waals surface area contributed by atoms with Crippen LogP contribution in [0.15, 0.2) is 72.6 Å². The van der Waals surface area contributed by atoms with Gasteiger partial charge in [0.2, 0.25) is 5.88 Å². The van der Waals surface area contributed by atoms with Crippen LogP contribution in [-0.4, -0.2) is 31.7 Å². The molecule has 2 aromatic carbocycles. The zero-order valence-electron chi connectivity index (χ0n) is 16.2. The van der Waals surface area contributed by atoms with E-state index in [1.54, 1.807) is 43.5 Å². The first kappa shape index (κ1) is 18.6. The molecule has 0 atom stereocenters. The first-order valence-electron chi connectivity index (χ1n) is 9.12. The van der Waals surface area contributed by atoms with Gasteiger partial charge in [-0.3, -0.25) is 9.69 Å². The molecular weight excluding hydrogens is 368 g/mol. The second kappa shape index (κ2) is 8.06. The van der Waals surface area contributed by atoms with Crippen molar-refractivity contribution < 1.29 is 19.0 Å². The maximum Gasteiger partial charge on any atom is 0.258 e. The van der Waals surface area contributed by atoms with Crippen molar-refractivity contribution in [3.05, 3.63) is 83.7 Å². The van der Waals surface area contributed by atoms with Crippen molar-refractivity contribution in [2.45, 2.75) is 0 Å². The molecule has 1 aliphatic rings. The van der Waals surface area contributed by atoms with Gasteiger partial charge in [0.25, 0.3) is 5.91 Å². The number of aromatic nitrogens is 1. The molecule has 0 spiro atoms. The van der Waals surface area contributed by atoms with E-state index in [1.165, 1.54) is 0 Å². The van der Waals surface area contributed by atoms with Crippen LogP contribution in [0.5, 0.6) is 17.4 Å². The van der Waals surface area contributed by atoms with Gasteiger partial charge in [0.15, 0.2) is 5.75 Å². The van der Waals surface area contributed by atoms with E-state index in [2.05, 4.69) is 4.98 Å². The van der Waals surface area contributed by atoms with Crippen LogP contribution in [0.3, 0.4) is 0 Å². The van der Waals surface area contributed by atoms with Gasteiger partial charge < -0.3 is 14.2 Å². The maximum absolute atomic E-state index is 13.2. The summed E-state index contributed by atoms with van der Waals surface area (Å²) in [6.45, 7) is 0.292. The average molecular weight is 388 g/mol. The number of methoxy groups -OCH3 is 2. The fourth-order valence-electron chi connectivity index (χ4n) is 3.17. The fourth-order valence-corrected chi connectivity index (χ4v) is 3.17. The van der Waals surface area contributed by atoms with Crippen molar-refractivity contribution >= 4 is 17.7 Å². The Hall–Kier alpha value is -3.80. The van der Waals surface area contributed by atoms with Crippen LogP contribution in [0.4, 0.5) is 5.69 Å². The SMILES string of the molecule is COc1cc(OC)c(/C=C2\CN(C(=O)c3ccccc3)c3ccccc3O2)cn1. The Morgan fingerprint density at radius 3 is 2.59 bits per heavy atom. The Bertz CT molecular complexity index is 1060. The molecule has 0 aliphatic carbocycles. The monoisotopic (exact) mass is 388 g/mol. The Morgan fingerprint density at radius 2 is 1.83 bits per heavy atom. The number of hydrogen-bond acceptors (Lipinski definition) is 5. The van der Waals surface area contributed by atoms with E-state index in [-0.39, 0.29) is 5.91 Å². The van der Waals surface area contributed by atoms with E-state index in [1.807, 2.05) is 48.5 Å². The highest BCUT2D eigenvalue weighted by atomic mass is 16.5. The number of nitrogens with zero attached hydrogens (tertiary/aromatic N) is 2. The summed E-state index contributed by atoms with van der Waals surface area (Å²) in [5.74, 6) is 2.20. The number of ether oxygens (including phenoxy) is 3. The summed E-state index contributed by atoms with van der Waals surface area (Å²) in [6, 6.07) is 18.4. The lowest BCUT2D eigenvalue weighted by Crippen LogP contribution is -2.36. The van der Waals surface area contributed by atoms with Gasteiger partial charge in [0.05, 0.1) is 26.5 Å². The molecule has 0 bridgehead atoms. The van der Waals surface area contributed by atoms with Gasteiger partial charge in [-0.15, -0.1) is 0 Å². The normalized spacial score (nSPS) is 14.1. The summed E-state index contributed by atoms with van der Waals surface area (Å²) < 4.78 is 16.7. The van der Waals surface area contributed by atoms with Crippen LogP contribution in [0.25, 0.3) is 6.08 Å². The molecule has 0 unspecified atom stereocenters. The zero-order chi connectivity index (χ0) is 20.2. The molecule has 0 radical (unpaired) electrons. The Morgan fingerprint density at radius 1 is 1.07 bits per heavy atom. The third kappa shape index (κ3) is 3.78. The molecular formula is C23H20N2O4. The molecule has 146 valence electrons. The van der Waals surface area contributed by atoms with E-state index < -0.39 is 0 Å². The number of amides is 1. The lowest BCUT2D eigenvalue weighted by atomic mass is 10.1. The third-order valence-corrected chi connectivity index (χ3v) is 4.59. The van der Waals surface area contributed by atoms with E-state index in [0.29, 0.717) is 35.2 Å². The van der Waals surface area contributed by atoms with Gasteiger partial charge in [0, 0.05) is 23.4 Å². The van der Waals surface area contributed by atoms with Gasteiger partial charge in [-0.1, -0.05) is 30.3 Å². The molecule has 29 heavy (non-hydrogen) atoms. The lowest BCUT2D eigenvalue weighted by molar-refractivity contribution is 0.0983. The minimum atomic E-state index is -0.0907. The Balaban J connectivity index is 1.72. The molecule has 4 rings (SSSR count). The highest BCUT2D eigenvalue weighted by Gasteiger charge is 2.27. The number of benzene rings is 2. The second-order valence-electron chi connectivity index (χ2n) is 6.41. The first-order valence-corrected chi connectivity index (χ1v) is 9.12. The van der Waals surface area contributed by atoms with Gasteiger partial charge in [-0.25, -0.2) is 4.98 Å². The molecule has 6 heteroatoms. The standard InChI is InChI=1S/C23H20N2O4/c1-27-21-13-22(28-2)24-14-17(21)12-18-15-25(19-10-6-7-11-20(19)29-18)23(26)16-8-4-3-5-9-16/h3-14H,15H2,1-2H3/b18-12+. The molecule has 3 aromatic rings. The topological polar surface area (TPSA) is 60.9 Å². The number of anilines is 1. The van der Waals surface area contributed by atoms with Crippen LogP contribution >= 0.6 is 0 Å². The van der Waals surface area contributed by atoms with E-state index in [4.69, 9.17) is 14.2 Å². The molecule has 0 saturated heterocycles. The quantitative estimate of drug-likeness (QED) is 0.671. The molecule has 0 N–H and O–H groups in total. The van der Waals surface area contributed by atoms with Crippen molar-refractivity contribution in [1.29, 1.82) is 0 Å². The Kier molecular flexibility index (Phi) is 5.16. The molecule has 0 fully saturated rings. The molecule has 1 aromatic heterocycles. The summed E-state index contributed by atoms with van der Waals surface area (Å²) in [7, 11) is 3.13. The summed E-state index contributed by atoms with van der Waals surface area (Å²) in [6.07, 6.45) is 3.48. The van der Waals surface area contributed by atoms with E-state index >= 15 is 0 Å². The van der Waals surface area contributed by atoms with Gasteiger partial charge in [-0.2, -0.15) is 0 Å². The van der Waals surface area contributed by atoms with Crippen LogP contribution in [-0.2, 0) is 0 Å². The summed E-state index contributed by atoms with van der Waals surface area (Å²) in [5, 5.41) is 0. The van der Waals surface area contributed by atoms with Crippen molar-refractivity contribution in [2.24, 2.45) is 0 Å². The highest BCUT2D eigenvalue weighted by Crippen LogP contribution is 2.36. The second-order valence-corrected chi connectivity index (χ2v) is 6.41. The molecule has 1 amide bonds. The van der Waals surface area contributed by atoms with Crippen molar-refractivity contribution in [1.82, 2.24) is 4.98 Å². The zero-order valence-corrected chi connectivity index (χ0v) is 16.2. The highest BCUT2D eigenvalue weighted by molar-refractivity contribution is 6.07. The largest absolute Gasteiger partial charge is 0.496 e. The number of pyridine rings is 1. The van der Waals surface area contributed by atoms with Crippen LogP contribution in [0.1, 0.15) is 15.9 Å². The predicted molar refractivity (Wildman–Crippen MR) is 111 cm³/mol. The predicted octanol–water partition coefficient (Wildman–Crippen LogP) is 4.18. The number of carbonyl (C=O) groups excluding carboxylic acids is 1. The number of hydrogen-bond donors (Lipinski definition) is 0. The first-order chi connectivity index (χ1) is 14.2. The minimum Gasteiger partial charge on any atom is -0.496 e. The smallest absolute Gasteiger partial charge is 0.258 e. The summed E-state index contributed by atoms with van der Waals surface area (Å²) >= 11 is 0. The number of fused-ring (bicyclic) bond motifs is 1.